The van der Waals surface area contributed by atoms with E-state index in [0.717, 1.165) is 17.8 Å². The van der Waals surface area contributed by atoms with Crippen molar-refractivity contribution in [2.75, 3.05) is 46.9 Å². The van der Waals surface area contributed by atoms with Gasteiger partial charge >= 0.3 is 6.18 Å². The zero-order chi connectivity index (χ0) is 21.7. The Labute approximate surface area is 172 Å². The Balaban J connectivity index is 1.49. The van der Waals surface area contributed by atoms with Crippen molar-refractivity contribution in [2.24, 2.45) is 0 Å². The fourth-order valence-electron chi connectivity index (χ4n) is 3.12. The van der Waals surface area contributed by atoms with Crippen LogP contribution >= 0.6 is 0 Å². The number of carbonyl (C=O) groups excluding carboxylic acids is 1. The SMILES string of the molecule is CN(C)CC(=O)N1CCO[C@@H](c2cc(CCOc3ccc(C(F)(F)F)cc3)[nH]n2)C1. The predicted molar refractivity (Wildman–Crippen MR) is 103 cm³/mol. The van der Waals surface area contributed by atoms with Gasteiger partial charge in [-0.25, -0.2) is 0 Å². The van der Waals surface area contributed by atoms with Gasteiger partial charge < -0.3 is 19.3 Å². The Morgan fingerprint density at radius 3 is 2.73 bits per heavy atom. The van der Waals surface area contributed by atoms with Crippen LogP contribution in [-0.4, -0.2) is 72.8 Å². The van der Waals surface area contributed by atoms with Gasteiger partial charge in [0, 0.05) is 18.7 Å². The zero-order valence-corrected chi connectivity index (χ0v) is 16.9. The average molecular weight is 426 g/mol. The molecule has 0 saturated carbocycles. The third-order valence-corrected chi connectivity index (χ3v) is 4.67. The molecule has 1 aliphatic heterocycles. The number of aromatic nitrogens is 2. The number of carbonyl (C=O) groups is 1. The van der Waals surface area contributed by atoms with Crippen molar-refractivity contribution in [3.63, 3.8) is 0 Å². The Morgan fingerprint density at radius 1 is 1.33 bits per heavy atom. The Kier molecular flexibility index (Phi) is 6.99. The highest BCUT2D eigenvalue weighted by Crippen LogP contribution is 2.30. The maximum Gasteiger partial charge on any atom is 0.416 e. The second-order valence-corrected chi connectivity index (χ2v) is 7.38. The summed E-state index contributed by atoms with van der Waals surface area (Å²) in [5.41, 5.74) is 0.817. The van der Waals surface area contributed by atoms with Gasteiger partial charge in [0.05, 0.1) is 37.6 Å². The van der Waals surface area contributed by atoms with Crippen LogP contribution in [0.4, 0.5) is 13.2 Å². The second kappa shape index (κ2) is 9.48. The number of halogens is 3. The minimum Gasteiger partial charge on any atom is -0.493 e. The summed E-state index contributed by atoms with van der Waals surface area (Å²) in [6.07, 6.45) is -4.16. The summed E-state index contributed by atoms with van der Waals surface area (Å²) in [5.74, 6) is 0.419. The number of nitrogens with zero attached hydrogens (tertiary/aromatic N) is 3. The number of likely N-dealkylation sites (N-methyl/N-ethyl adjacent to an activating group) is 1. The molecule has 1 aliphatic rings. The van der Waals surface area contributed by atoms with Crippen LogP contribution in [0, 0.1) is 0 Å². The van der Waals surface area contributed by atoms with Crippen molar-refractivity contribution in [3.8, 4) is 5.75 Å². The molecule has 1 aromatic carbocycles. The molecule has 3 rings (SSSR count). The molecule has 0 bridgehead atoms. The van der Waals surface area contributed by atoms with Crippen LogP contribution in [0.2, 0.25) is 0 Å². The average Bonchev–Trinajstić information content (AvgIpc) is 3.16. The highest BCUT2D eigenvalue weighted by atomic mass is 19.4. The van der Waals surface area contributed by atoms with Crippen molar-refractivity contribution in [3.05, 3.63) is 47.3 Å². The lowest BCUT2D eigenvalue weighted by atomic mass is 10.2. The number of hydrogen-bond donors (Lipinski definition) is 1. The van der Waals surface area contributed by atoms with E-state index in [4.69, 9.17) is 9.47 Å². The molecule has 1 saturated heterocycles. The van der Waals surface area contributed by atoms with E-state index in [-0.39, 0.29) is 18.6 Å². The first-order valence-corrected chi connectivity index (χ1v) is 9.60. The monoisotopic (exact) mass is 426 g/mol. The third-order valence-electron chi connectivity index (χ3n) is 4.67. The van der Waals surface area contributed by atoms with E-state index in [1.54, 1.807) is 4.90 Å². The molecule has 2 aromatic rings. The number of aromatic amines is 1. The Hall–Kier alpha value is -2.59. The standard InChI is InChI=1S/C20H25F3N4O3/c1-26(2)13-19(28)27-8-10-30-18(12-27)17-11-15(24-25-17)7-9-29-16-5-3-14(4-6-16)20(21,22)23/h3-6,11,18H,7-10,12-13H2,1-2H3,(H,24,25)/t18-/m1/s1. The van der Waals surface area contributed by atoms with Crippen molar-refractivity contribution >= 4 is 5.91 Å². The third kappa shape index (κ3) is 5.96. The maximum absolute atomic E-state index is 12.6. The molecular formula is C20H25F3N4O3. The molecule has 7 nitrogen and oxygen atoms in total. The van der Waals surface area contributed by atoms with Gasteiger partial charge in [-0.15, -0.1) is 0 Å². The number of morpholine rings is 1. The maximum atomic E-state index is 12.6. The zero-order valence-electron chi connectivity index (χ0n) is 16.9. The van der Waals surface area contributed by atoms with Crippen LogP contribution in [0.5, 0.6) is 5.75 Å². The van der Waals surface area contributed by atoms with E-state index in [0.29, 0.717) is 44.1 Å². The lowest BCUT2D eigenvalue weighted by molar-refractivity contribution is -0.140. The molecule has 1 N–H and O–H groups in total. The van der Waals surface area contributed by atoms with E-state index < -0.39 is 11.7 Å². The van der Waals surface area contributed by atoms with Crippen LogP contribution in [0.1, 0.15) is 23.1 Å². The molecule has 0 unspecified atom stereocenters. The van der Waals surface area contributed by atoms with Crippen LogP contribution in [0.25, 0.3) is 0 Å². The molecule has 30 heavy (non-hydrogen) atoms. The number of nitrogens with one attached hydrogen (secondary N) is 1. The Morgan fingerprint density at radius 2 is 2.07 bits per heavy atom. The van der Waals surface area contributed by atoms with Crippen molar-refractivity contribution in [2.45, 2.75) is 18.7 Å². The smallest absolute Gasteiger partial charge is 0.416 e. The molecule has 0 spiro atoms. The van der Waals surface area contributed by atoms with Crippen LogP contribution < -0.4 is 4.74 Å². The molecule has 10 heteroatoms. The summed E-state index contributed by atoms with van der Waals surface area (Å²) in [5, 5.41) is 7.20. The summed E-state index contributed by atoms with van der Waals surface area (Å²) in [6, 6.07) is 6.45. The second-order valence-electron chi connectivity index (χ2n) is 7.38. The number of amides is 1. The largest absolute Gasteiger partial charge is 0.493 e. The van der Waals surface area contributed by atoms with Gasteiger partial charge in [-0.1, -0.05) is 0 Å². The number of rotatable bonds is 7. The van der Waals surface area contributed by atoms with Crippen LogP contribution in [0.3, 0.4) is 0 Å². The van der Waals surface area contributed by atoms with E-state index in [2.05, 4.69) is 10.2 Å². The van der Waals surface area contributed by atoms with Gasteiger partial charge in [-0.3, -0.25) is 9.89 Å². The number of ether oxygens (including phenoxy) is 2. The molecule has 164 valence electrons. The summed E-state index contributed by atoms with van der Waals surface area (Å²) < 4.78 is 49.0. The molecule has 0 aliphatic carbocycles. The van der Waals surface area contributed by atoms with Crippen LogP contribution in [-0.2, 0) is 22.1 Å². The Bertz CT molecular complexity index is 837. The van der Waals surface area contributed by atoms with Crippen molar-refractivity contribution in [1.29, 1.82) is 0 Å². The summed E-state index contributed by atoms with van der Waals surface area (Å²) in [6.45, 7) is 2.08. The topological polar surface area (TPSA) is 70.7 Å². The van der Waals surface area contributed by atoms with Crippen molar-refractivity contribution < 1.29 is 27.4 Å². The normalized spacial score (nSPS) is 17.4. The van der Waals surface area contributed by atoms with Crippen LogP contribution in [0.15, 0.2) is 30.3 Å². The van der Waals surface area contributed by atoms with Gasteiger partial charge in [0.1, 0.15) is 11.9 Å². The first-order valence-electron chi connectivity index (χ1n) is 9.60. The molecule has 0 radical (unpaired) electrons. The van der Waals surface area contributed by atoms with Gasteiger partial charge in [0.2, 0.25) is 5.91 Å². The number of hydrogen-bond acceptors (Lipinski definition) is 5. The van der Waals surface area contributed by atoms with E-state index >= 15 is 0 Å². The molecule has 1 fully saturated rings. The van der Waals surface area contributed by atoms with Gasteiger partial charge in [-0.05, 0) is 44.4 Å². The summed E-state index contributed by atoms with van der Waals surface area (Å²) in [4.78, 5) is 15.9. The summed E-state index contributed by atoms with van der Waals surface area (Å²) >= 11 is 0. The quantitative estimate of drug-likeness (QED) is 0.737. The summed E-state index contributed by atoms with van der Waals surface area (Å²) in [7, 11) is 3.70. The number of alkyl halides is 3. The minimum absolute atomic E-state index is 0.0500. The van der Waals surface area contributed by atoms with E-state index in [1.807, 2.05) is 25.1 Å². The molecule has 1 atom stereocenters. The molecular weight excluding hydrogens is 401 g/mol. The lowest BCUT2D eigenvalue weighted by Gasteiger charge is -2.32. The number of benzene rings is 1. The molecule has 1 amide bonds. The highest BCUT2D eigenvalue weighted by molar-refractivity contribution is 5.78. The molecule has 2 heterocycles. The van der Waals surface area contributed by atoms with Gasteiger partial charge in [0.15, 0.2) is 0 Å². The highest BCUT2D eigenvalue weighted by Gasteiger charge is 2.30. The fourth-order valence-corrected chi connectivity index (χ4v) is 3.12. The van der Waals surface area contributed by atoms with Gasteiger partial charge in [-0.2, -0.15) is 18.3 Å². The van der Waals surface area contributed by atoms with Gasteiger partial charge in [0.25, 0.3) is 0 Å². The minimum atomic E-state index is -4.36. The van der Waals surface area contributed by atoms with E-state index in [1.165, 1.54) is 12.1 Å². The number of H-pyrrole nitrogens is 1. The first kappa shape index (κ1) is 22.1. The fraction of sp³-hybridized carbons (Fsp3) is 0.500. The first-order chi connectivity index (χ1) is 14.2. The predicted octanol–water partition coefficient (Wildman–Crippen LogP) is 2.51. The van der Waals surface area contributed by atoms with Crippen molar-refractivity contribution in [1.82, 2.24) is 20.0 Å². The van der Waals surface area contributed by atoms with E-state index in [9.17, 15) is 18.0 Å². The lowest BCUT2D eigenvalue weighted by Crippen LogP contribution is -2.45. The molecule has 1 aromatic heterocycles.